The third-order valence-electron chi connectivity index (χ3n) is 5.19. The Labute approximate surface area is 200 Å². The van der Waals surface area contributed by atoms with Gasteiger partial charge in [0.05, 0.1) is 26.4 Å². The number of likely N-dealkylation sites (tertiary alicyclic amines) is 1. The Kier molecular flexibility index (Phi) is 8.58. The van der Waals surface area contributed by atoms with E-state index in [-0.39, 0.29) is 17.5 Å². The number of rotatable bonds is 7. The Morgan fingerprint density at radius 1 is 1.19 bits per heavy atom. The average Bonchev–Trinajstić information content (AvgIpc) is 2.73. The largest absolute Gasteiger partial charge is 0.396 e. The van der Waals surface area contributed by atoms with Gasteiger partial charge >= 0.3 is 0 Å². The highest BCUT2D eigenvalue weighted by Gasteiger charge is 2.27. The van der Waals surface area contributed by atoms with Gasteiger partial charge in [0.2, 0.25) is 5.91 Å². The summed E-state index contributed by atoms with van der Waals surface area (Å²) >= 11 is 19.6. The predicted octanol–water partition coefficient (Wildman–Crippen LogP) is 5.70. The molecule has 1 heterocycles. The molecular weight excluding hydrogens is 482 g/mol. The maximum absolute atomic E-state index is 13.3. The highest BCUT2D eigenvalue weighted by molar-refractivity contribution is 7.97. The zero-order valence-corrected chi connectivity index (χ0v) is 20.0. The van der Waals surface area contributed by atoms with Gasteiger partial charge in [-0.3, -0.25) is 4.79 Å². The highest BCUT2D eigenvalue weighted by Crippen LogP contribution is 2.32. The topological polar surface area (TPSA) is 70.4 Å². The highest BCUT2D eigenvalue weighted by atomic mass is 35.5. The maximum atomic E-state index is 13.3. The molecule has 1 aliphatic heterocycles. The van der Waals surface area contributed by atoms with Gasteiger partial charge < -0.3 is 16.0 Å². The molecule has 1 atom stereocenters. The summed E-state index contributed by atoms with van der Waals surface area (Å²) in [6, 6.07) is 6.91. The van der Waals surface area contributed by atoms with Crippen molar-refractivity contribution >= 4 is 64.0 Å². The molecule has 1 fully saturated rings. The molecule has 0 spiro atoms. The van der Waals surface area contributed by atoms with Crippen LogP contribution in [0.3, 0.4) is 0 Å². The predicted molar refractivity (Wildman–Crippen MR) is 129 cm³/mol. The number of amides is 1. The molecule has 1 amide bonds. The van der Waals surface area contributed by atoms with Crippen molar-refractivity contribution in [3.05, 3.63) is 51.2 Å². The van der Waals surface area contributed by atoms with Crippen LogP contribution in [0.2, 0.25) is 15.1 Å². The Morgan fingerprint density at radius 3 is 2.45 bits per heavy atom. The molecule has 1 aliphatic rings. The van der Waals surface area contributed by atoms with Gasteiger partial charge in [-0.05, 0) is 61.0 Å². The third kappa shape index (κ3) is 6.56. The first kappa shape index (κ1) is 24.3. The van der Waals surface area contributed by atoms with Gasteiger partial charge in [0, 0.05) is 24.5 Å². The van der Waals surface area contributed by atoms with Gasteiger partial charge in [-0.15, -0.1) is 0 Å². The SMILES string of the molecule is CC1CCN(C(=O)C(CNc2ccc(F)cc2Cl)NSc2cc(Cl)c(N)c(Cl)c2)CC1. The summed E-state index contributed by atoms with van der Waals surface area (Å²) in [7, 11) is 0. The number of hydrogen-bond acceptors (Lipinski definition) is 5. The Balaban J connectivity index is 1.72. The lowest BCUT2D eigenvalue weighted by Crippen LogP contribution is -2.50. The van der Waals surface area contributed by atoms with Crippen molar-refractivity contribution in [1.82, 2.24) is 9.62 Å². The Bertz CT molecular complexity index is 918. The van der Waals surface area contributed by atoms with Crippen LogP contribution < -0.4 is 15.8 Å². The second kappa shape index (κ2) is 11.0. The zero-order chi connectivity index (χ0) is 22.5. The first-order valence-electron chi connectivity index (χ1n) is 9.89. The van der Waals surface area contributed by atoms with Gasteiger partial charge in [-0.25, -0.2) is 9.11 Å². The van der Waals surface area contributed by atoms with E-state index in [1.807, 2.05) is 4.90 Å². The zero-order valence-electron chi connectivity index (χ0n) is 16.9. The van der Waals surface area contributed by atoms with Crippen LogP contribution in [0.5, 0.6) is 0 Å². The molecule has 1 unspecified atom stereocenters. The molecule has 2 aromatic carbocycles. The number of nitrogens with two attached hydrogens (primary N) is 1. The lowest BCUT2D eigenvalue weighted by atomic mass is 9.99. The maximum Gasteiger partial charge on any atom is 0.242 e. The molecule has 0 saturated carbocycles. The van der Waals surface area contributed by atoms with E-state index in [0.29, 0.717) is 27.3 Å². The van der Waals surface area contributed by atoms with E-state index < -0.39 is 11.9 Å². The van der Waals surface area contributed by atoms with Gasteiger partial charge in [0.15, 0.2) is 0 Å². The summed E-state index contributed by atoms with van der Waals surface area (Å²) in [6.07, 6.45) is 1.96. The van der Waals surface area contributed by atoms with Gasteiger partial charge in [0.1, 0.15) is 11.9 Å². The first-order valence-corrected chi connectivity index (χ1v) is 11.8. The van der Waals surface area contributed by atoms with Crippen LogP contribution in [0.1, 0.15) is 19.8 Å². The monoisotopic (exact) mass is 504 g/mol. The van der Waals surface area contributed by atoms with Crippen LogP contribution in [0.4, 0.5) is 15.8 Å². The summed E-state index contributed by atoms with van der Waals surface area (Å²) in [5.74, 6) is 0.175. The smallest absolute Gasteiger partial charge is 0.242 e. The molecule has 0 radical (unpaired) electrons. The van der Waals surface area contributed by atoms with Crippen LogP contribution in [0, 0.1) is 11.7 Å². The number of hydrogen-bond donors (Lipinski definition) is 3. The molecule has 3 rings (SSSR count). The second-order valence-electron chi connectivity index (χ2n) is 7.59. The van der Waals surface area contributed by atoms with E-state index in [2.05, 4.69) is 17.0 Å². The summed E-state index contributed by atoms with van der Waals surface area (Å²) in [5.41, 5.74) is 6.67. The van der Waals surface area contributed by atoms with Crippen LogP contribution >= 0.6 is 46.8 Å². The second-order valence-corrected chi connectivity index (χ2v) is 9.72. The van der Waals surface area contributed by atoms with Gasteiger partial charge in [-0.2, -0.15) is 0 Å². The van der Waals surface area contributed by atoms with E-state index in [1.165, 1.54) is 24.1 Å². The van der Waals surface area contributed by atoms with Crippen molar-refractivity contribution in [3.8, 4) is 0 Å². The Morgan fingerprint density at radius 2 is 1.84 bits per heavy atom. The summed E-state index contributed by atoms with van der Waals surface area (Å²) in [5, 5.41) is 4.09. The molecule has 4 N–H and O–H groups in total. The minimum atomic E-state index is -0.561. The molecule has 0 bridgehead atoms. The van der Waals surface area contributed by atoms with Crippen LogP contribution in [0.15, 0.2) is 35.2 Å². The van der Waals surface area contributed by atoms with Crippen molar-refractivity contribution in [2.45, 2.75) is 30.7 Å². The first-order chi connectivity index (χ1) is 14.7. The number of carbonyl (C=O) groups excluding carboxylic acids is 1. The number of nitrogens with one attached hydrogen (secondary N) is 2. The van der Waals surface area contributed by atoms with Crippen molar-refractivity contribution in [3.63, 3.8) is 0 Å². The number of halogens is 4. The van der Waals surface area contributed by atoms with Crippen LogP contribution in [-0.4, -0.2) is 36.5 Å². The van der Waals surface area contributed by atoms with Gasteiger partial charge in [-0.1, -0.05) is 41.7 Å². The van der Waals surface area contributed by atoms with Crippen molar-refractivity contribution in [2.24, 2.45) is 5.92 Å². The van der Waals surface area contributed by atoms with E-state index in [0.717, 1.165) is 30.8 Å². The fourth-order valence-corrected chi connectivity index (χ4v) is 4.90. The molecule has 10 heteroatoms. The van der Waals surface area contributed by atoms with Crippen molar-refractivity contribution < 1.29 is 9.18 Å². The number of carbonyl (C=O) groups is 1. The summed E-state index contributed by atoms with van der Waals surface area (Å²) < 4.78 is 16.5. The molecule has 1 saturated heterocycles. The average molecular weight is 506 g/mol. The molecule has 5 nitrogen and oxygen atoms in total. The van der Waals surface area contributed by atoms with E-state index in [1.54, 1.807) is 18.2 Å². The minimum absolute atomic E-state index is 0.0160. The normalized spacial score (nSPS) is 15.7. The molecule has 31 heavy (non-hydrogen) atoms. The van der Waals surface area contributed by atoms with Crippen LogP contribution in [-0.2, 0) is 4.79 Å². The molecule has 0 aromatic heterocycles. The number of anilines is 2. The number of benzene rings is 2. The fraction of sp³-hybridized carbons (Fsp3) is 0.381. The number of nitrogens with zero attached hydrogens (tertiary/aromatic N) is 1. The van der Waals surface area contributed by atoms with Crippen molar-refractivity contribution in [2.75, 3.05) is 30.7 Å². The molecule has 2 aromatic rings. The Hall–Kier alpha value is -1.38. The number of piperidine rings is 1. The van der Waals surface area contributed by atoms with E-state index in [9.17, 15) is 9.18 Å². The lowest BCUT2D eigenvalue weighted by molar-refractivity contribution is -0.133. The fourth-order valence-electron chi connectivity index (χ4n) is 3.23. The minimum Gasteiger partial charge on any atom is -0.396 e. The van der Waals surface area contributed by atoms with E-state index in [4.69, 9.17) is 40.5 Å². The van der Waals surface area contributed by atoms with Crippen LogP contribution in [0.25, 0.3) is 0 Å². The molecular formula is C21H24Cl3FN4OS. The quantitative estimate of drug-likeness (QED) is 0.332. The summed E-state index contributed by atoms with van der Waals surface area (Å²) in [4.78, 5) is 15.8. The number of nitrogen functional groups attached to an aromatic ring is 1. The summed E-state index contributed by atoms with van der Waals surface area (Å²) in [6.45, 7) is 3.90. The van der Waals surface area contributed by atoms with Gasteiger partial charge in [0.25, 0.3) is 0 Å². The van der Waals surface area contributed by atoms with E-state index >= 15 is 0 Å². The third-order valence-corrected chi connectivity index (χ3v) is 7.00. The molecule has 0 aliphatic carbocycles. The van der Waals surface area contributed by atoms with Crippen molar-refractivity contribution in [1.29, 1.82) is 0 Å². The molecule has 168 valence electrons. The lowest BCUT2D eigenvalue weighted by Gasteiger charge is -2.33. The standard InChI is InChI=1S/C21H24Cl3FN4OS/c1-12-4-6-29(7-5-12)21(30)19(11-27-18-3-2-13(25)8-15(18)22)28-31-14-9-16(23)20(26)17(24)10-14/h2-3,8-10,12,19,27-28H,4-7,11,26H2,1H3.